The molecule has 0 unspecified atom stereocenters. The largest absolute Gasteiger partial charge is 0.453 e. The number of nitrogens with one attached hydrogen (secondary N) is 3. The number of nitrogens with zero attached hydrogens (tertiary/aromatic N) is 4. The molecule has 4 heterocycles. The summed E-state index contributed by atoms with van der Waals surface area (Å²) in [7, 11) is 2.60. The number of aliphatic imine (C=N–C) groups is 1. The number of amides is 4. The summed E-state index contributed by atoms with van der Waals surface area (Å²) in [6.45, 7) is 8.92. The van der Waals surface area contributed by atoms with Gasteiger partial charge in [-0.3, -0.25) is 14.6 Å². The third-order valence-corrected chi connectivity index (χ3v) is 11.8. The Morgan fingerprint density at radius 3 is 1.88 bits per heavy atom. The number of methoxy groups -OCH3 is 2. The molecular weight excluding hydrogens is 711 g/mol. The van der Waals surface area contributed by atoms with Crippen LogP contribution in [-0.4, -0.2) is 94.9 Å². The van der Waals surface area contributed by atoms with Crippen LogP contribution < -0.4 is 10.6 Å². The number of rotatable bonds is 10. The average molecular weight is 764 g/mol. The summed E-state index contributed by atoms with van der Waals surface area (Å²) in [6.07, 6.45) is 8.49. The highest BCUT2D eigenvalue weighted by atomic mass is 16.5. The van der Waals surface area contributed by atoms with Crippen molar-refractivity contribution >= 4 is 35.3 Å². The van der Waals surface area contributed by atoms with Gasteiger partial charge in [0.1, 0.15) is 17.9 Å². The summed E-state index contributed by atoms with van der Waals surface area (Å²) in [5.74, 6) is 0.349. The SMILES string of the molecule is COC(=O)N[C@H](C(=O)N1CCC[C@H]1C1=NC=C(c2ccc3c(c2)CCc2cc(-c4cnc([C@@H]5CCCN5C(=O)[C@@H](NC(=O)OC)C(C)C)[nH]4)ccc2-3)C1)C(C)C. The average Bonchev–Trinajstić information content (AvgIpc) is 4.04. The minimum absolute atomic E-state index is 0.0814. The number of H-pyrrole nitrogens is 1. The minimum atomic E-state index is -0.681. The standard InChI is InChI=1S/C43H53N7O6/c1-24(2)37(47-42(53)55-5)40(51)49-17-7-9-35(49)33-21-30(22-44-33)26-13-15-31-27(19-26)11-12-28-20-29(14-16-32(28)31)34-23-45-39(46-34)36-10-8-18-50(36)41(52)38(25(3)4)48-43(54)56-6/h13-16,19-20,22-25,35-38H,7-12,17-18,21H2,1-6H3,(H,45,46)(H,47,53)(H,48,54)/t35-,36-,37-,38-/m0/s1. The molecule has 4 atom stereocenters. The predicted molar refractivity (Wildman–Crippen MR) is 214 cm³/mol. The lowest BCUT2D eigenvalue weighted by Gasteiger charge is -2.31. The molecule has 4 amide bonds. The number of aromatic amines is 1. The number of fused-ring (bicyclic) bond motifs is 3. The van der Waals surface area contributed by atoms with Crippen LogP contribution in [-0.2, 0) is 31.9 Å². The molecule has 0 saturated carbocycles. The monoisotopic (exact) mass is 763 g/mol. The van der Waals surface area contributed by atoms with E-state index in [0.29, 0.717) is 19.5 Å². The van der Waals surface area contributed by atoms with Gasteiger partial charge in [-0.25, -0.2) is 14.6 Å². The van der Waals surface area contributed by atoms with Gasteiger partial charge in [-0.15, -0.1) is 0 Å². The molecule has 0 bridgehead atoms. The second-order valence-electron chi connectivity index (χ2n) is 16.0. The number of likely N-dealkylation sites (tertiary alicyclic amines) is 2. The molecule has 3 N–H and O–H groups in total. The van der Waals surface area contributed by atoms with Crippen LogP contribution in [0.3, 0.4) is 0 Å². The lowest BCUT2D eigenvalue weighted by molar-refractivity contribution is -0.135. The van der Waals surface area contributed by atoms with Crippen molar-refractivity contribution in [1.82, 2.24) is 30.4 Å². The fourth-order valence-corrected chi connectivity index (χ4v) is 8.69. The zero-order valence-electron chi connectivity index (χ0n) is 33.2. The van der Waals surface area contributed by atoms with Crippen molar-refractivity contribution in [3.63, 3.8) is 0 Å². The van der Waals surface area contributed by atoms with Gasteiger partial charge in [0.05, 0.1) is 38.2 Å². The fourth-order valence-electron chi connectivity index (χ4n) is 8.69. The molecule has 2 aromatic carbocycles. The summed E-state index contributed by atoms with van der Waals surface area (Å²) < 4.78 is 9.56. The maximum Gasteiger partial charge on any atom is 0.407 e. The molecule has 1 aromatic heterocycles. The smallest absolute Gasteiger partial charge is 0.407 e. The van der Waals surface area contributed by atoms with Gasteiger partial charge in [-0.05, 0) is 95.4 Å². The van der Waals surface area contributed by atoms with E-state index >= 15 is 0 Å². The number of alkyl carbamates (subject to hydrolysis) is 2. The summed E-state index contributed by atoms with van der Waals surface area (Å²) in [5, 5.41) is 5.44. The number of carbonyl (C=O) groups excluding carboxylic acids is 4. The Morgan fingerprint density at radius 1 is 0.768 bits per heavy atom. The van der Waals surface area contributed by atoms with Crippen LogP contribution in [0.15, 0.2) is 53.8 Å². The number of allylic oxidation sites excluding steroid dienone is 1. The first-order chi connectivity index (χ1) is 27.0. The van der Waals surface area contributed by atoms with E-state index in [1.165, 1.54) is 36.5 Å². The molecule has 7 rings (SSSR count). The molecule has 13 nitrogen and oxygen atoms in total. The van der Waals surface area contributed by atoms with E-state index in [0.717, 1.165) is 72.5 Å². The Labute approximate surface area is 328 Å². The quantitative estimate of drug-likeness (QED) is 0.214. The maximum atomic E-state index is 13.6. The zero-order valence-corrected chi connectivity index (χ0v) is 33.2. The van der Waals surface area contributed by atoms with Crippen molar-refractivity contribution < 1.29 is 28.7 Å². The van der Waals surface area contributed by atoms with Gasteiger partial charge >= 0.3 is 12.2 Å². The second-order valence-corrected chi connectivity index (χ2v) is 16.0. The number of hydrogen-bond donors (Lipinski definition) is 3. The van der Waals surface area contributed by atoms with E-state index in [1.54, 1.807) is 0 Å². The molecule has 0 spiro atoms. The number of carbonyl (C=O) groups is 4. The van der Waals surface area contributed by atoms with Gasteiger partial charge in [0.2, 0.25) is 11.8 Å². The molecule has 296 valence electrons. The molecule has 2 fully saturated rings. The number of hydrogen-bond acceptors (Lipinski definition) is 8. The van der Waals surface area contributed by atoms with Crippen molar-refractivity contribution in [2.24, 2.45) is 16.8 Å². The molecule has 0 radical (unpaired) electrons. The summed E-state index contributed by atoms with van der Waals surface area (Å²) in [6, 6.07) is 11.6. The van der Waals surface area contributed by atoms with Crippen molar-refractivity contribution in [3.05, 3.63) is 71.3 Å². The first kappa shape index (κ1) is 38.8. The number of aromatic nitrogens is 2. The van der Waals surface area contributed by atoms with Crippen LogP contribution in [0.5, 0.6) is 0 Å². The predicted octanol–water partition coefficient (Wildman–Crippen LogP) is 6.44. The summed E-state index contributed by atoms with van der Waals surface area (Å²) in [4.78, 5) is 68.0. The molecule has 2 saturated heterocycles. The molecule has 3 aliphatic heterocycles. The van der Waals surface area contributed by atoms with Crippen molar-refractivity contribution in [2.45, 2.75) is 96.8 Å². The number of ether oxygens (including phenoxy) is 2. The van der Waals surface area contributed by atoms with Crippen LogP contribution >= 0.6 is 0 Å². The Balaban J connectivity index is 1.02. The third-order valence-electron chi connectivity index (χ3n) is 11.8. The van der Waals surface area contributed by atoms with E-state index in [2.05, 4.69) is 52.0 Å². The fraction of sp³-hybridized carbons (Fsp3) is 0.488. The highest BCUT2D eigenvalue weighted by molar-refractivity contribution is 6.04. The topological polar surface area (TPSA) is 158 Å². The molecule has 4 aliphatic rings. The first-order valence-corrected chi connectivity index (χ1v) is 19.8. The highest BCUT2D eigenvalue weighted by Gasteiger charge is 2.39. The van der Waals surface area contributed by atoms with Crippen LogP contribution in [0.2, 0.25) is 0 Å². The van der Waals surface area contributed by atoms with E-state index in [-0.39, 0.29) is 35.7 Å². The van der Waals surface area contributed by atoms with Crippen LogP contribution in [0.1, 0.15) is 88.4 Å². The van der Waals surface area contributed by atoms with Gasteiger partial charge in [-0.1, -0.05) is 58.0 Å². The van der Waals surface area contributed by atoms with Crippen molar-refractivity contribution in [3.8, 4) is 22.4 Å². The summed E-state index contributed by atoms with van der Waals surface area (Å²) >= 11 is 0. The van der Waals surface area contributed by atoms with Gasteiger partial charge in [0, 0.05) is 31.4 Å². The van der Waals surface area contributed by atoms with Crippen LogP contribution in [0.25, 0.3) is 28.0 Å². The lowest BCUT2D eigenvalue weighted by atomic mass is 9.83. The van der Waals surface area contributed by atoms with E-state index < -0.39 is 24.3 Å². The molecular formula is C43H53N7O6. The molecule has 1 aliphatic carbocycles. The van der Waals surface area contributed by atoms with E-state index in [1.807, 2.05) is 49.9 Å². The maximum absolute atomic E-state index is 13.6. The van der Waals surface area contributed by atoms with Gasteiger partial charge in [0.25, 0.3) is 0 Å². The Morgan fingerprint density at radius 2 is 1.30 bits per heavy atom. The normalized spacial score (nSPS) is 19.9. The van der Waals surface area contributed by atoms with E-state index in [9.17, 15) is 19.2 Å². The molecule has 3 aromatic rings. The second kappa shape index (κ2) is 16.3. The van der Waals surface area contributed by atoms with Crippen molar-refractivity contribution in [2.75, 3.05) is 27.3 Å². The van der Waals surface area contributed by atoms with Crippen LogP contribution in [0.4, 0.5) is 9.59 Å². The first-order valence-electron chi connectivity index (χ1n) is 19.8. The third kappa shape index (κ3) is 7.68. The number of benzene rings is 2. The Bertz CT molecular complexity index is 2070. The van der Waals surface area contributed by atoms with Crippen LogP contribution in [0, 0.1) is 11.8 Å². The Kier molecular flexibility index (Phi) is 11.3. The molecule has 13 heteroatoms. The number of imidazole rings is 1. The molecule has 56 heavy (non-hydrogen) atoms. The lowest BCUT2D eigenvalue weighted by Crippen LogP contribution is -2.53. The van der Waals surface area contributed by atoms with Gasteiger partial charge < -0.3 is 34.9 Å². The zero-order chi connectivity index (χ0) is 39.7. The van der Waals surface area contributed by atoms with Crippen molar-refractivity contribution in [1.29, 1.82) is 0 Å². The summed E-state index contributed by atoms with van der Waals surface area (Å²) in [5.41, 5.74) is 10.3. The van der Waals surface area contributed by atoms with Gasteiger partial charge in [0.15, 0.2) is 0 Å². The Hall–Kier alpha value is -5.46. The minimum Gasteiger partial charge on any atom is -0.453 e. The number of aryl methyl sites for hydroxylation is 2. The van der Waals surface area contributed by atoms with Gasteiger partial charge in [-0.2, -0.15) is 0 Å². The van der Waals surface area contributed by atoms with E-state index in [4.69, 9.17) is 19.5 Å². The highest BCUT2D eigenvalue weighted by Crippen LogP contribution is 2.39.